The fourth-order valence-electron chi connectivity index (χ4n) is 1.17. The zero-order valence-corrected chi connectivity index (χ0v) is 9.24. The van der Waals surface area contributed by atoms with Gasteiger partial charge in [0.2, 0.25) is 0 Å². The lowest BCUT2D eigenvalue weighted by Crippen LogP contribution is -1.90. The van der Waals surface area contributed by atoms with Crippen molar-refractivity contribution in [1.82, 2.24) is 0 Å². The fraction of sp³-hybridized carbons (Fsp3) is 0.455. The van der Waals surface area contributed by atoms with Gasteiger partial charge in [0, 0.05) is 10.6 Å². The van der Waals surface area contributed by atoms with Crippen LogP contribution in [-0.4, -0.2) is 5.75 Å². The summed E-state index contributed by atoms with van der Waals surface area (Å²) in [4.78, 5) is 0.862. The Morgan fingerprint density at radius 3 is 2.86 bits per heavy atom. The maximum atomic E-state index is 12.9. The summed E-state index contributed by atoms with van der Waals surface area (Å²) in [7, 11) is 0. The van der Waals surface area contributed by atoms with Gasteiger partial charge < -0.3 is 5.73 Å². The maximum absolute atomic E-state index is 12.9. The van der Waals surface area contributed by atoms with Crippen LogP contribution in [0, 0.1) is 5.82 Å². The Hall–Kier alpha value is -0.700. The molecule has 0 heterocycles. The van der Waals surface area contributed by atoms with E-state index < -0.39 is 0 Å². The first kappa shape index (κ1) is 11.4. The molecule has 0 bridgehead atoms. The molecule has 0 aliphatic rings. The molecule has 0 atom stereocenters. The van der Waals surface area contributed by atoms with Crippen LogP contribution in [0.4, 0.5) is 10.1 Å². The molecule has 3 heteroatoms. The van der Waals surface area contributed by atoms with Crippen LogP contribution in [-0.2, 0) is 0 Å². The number of thioether (sulfide) groups is 1. The molecule has 1 aromatic rings. The Kier molecular flexibility index (Phi) is 4.80. The number of unbranched alkanes of at least 4 members (excludes halogenated alkanes) is 2. The van der Waals surface area contributed by atoms with Crippen LogP contribution in [0.5, 0.6) is 0 Å². The van der Waals surface area contributed by atoms with Crippen molar-refractivity contribution in [2.24, 2.45) is 0 Å². The summed E-state index contributed by atoms with van der Waals surface area (Å²) >= 11 is 1.64. The zero-order valence-electron chi connectivity index (χ0n) is 8.42. The van der Waals surface area contributed by atoms with Gasteiger partial charge in [-0.2, -0.15) is 0 Å². The molecule has 0 amide bonds. The summed E-state index contributed by atoms with van der Waals surface area (Å²) in [6.07, 6.45) is 3.60. The molecule has 78 valence electrons. The van der Waals surface area contributed by atoms with Gasteiger partial charge in [-0.1, -0.05) is 19.8 Å². The quantitative estimate of drug-likeness (QED) is 0.458. The normalized spacial score (nSPS) is 10.4. The fourth-order valence-corrected chi connectivity index (χ4v) is 2.17. The average Bonchev–Trinajstić information content (AvgIpc) is 2.18. The highest BCUT2D eigenvalue weighted by molar-refractivity contribution is 7.99. The first-order chi connectivity index (χ1) is 6.74. The van der Waals surface area contributed by atoms with E-state index in [-0.39, 0.29) is 5.82 Å². The van der Waals surface area contributed by atoms with Gasteiger partial charge in [0.05, 0.1) is 0 Å². The Bertz CT molecular complexity index is 289. The maximum Gasteiger partial charge on any atom is 0.124 e. The van der Waals surface area contributed by atoms with Gasteiger partial charge in [-0.15, -0.1) is 11.8 Å². The molecule has 0 aliphatic carbocycles. The van der Waals surface area contributed by atoms with Gasteiger partial charge in [0.15, 0.2) is 0 Å². The van der Waals surface area contributed by atoms with Crippen molar-refractivity contribution in [1.29, 1.82) is 0 Å². The van der Waals surface area contributed by atoms with E-state index in [1.165, 1.54) is 25.0 Å². The lowest BCUT2D eigenvalue weighted by molar-refractivity contribution is 0.624. The predicted octanol–water partition coefficient (Wildman–Crippen LogP) is 3.69. The van der Waals surface area contributed by atoms with Crippen molar-refractivity contribution in [3.63, 3.8) is 0 Å². The van der Waals surface area contributed by atoms with Crippen molar-refractivity contribution in [2.45, 2.75) is 31.1 Å². The molecule has 0 radical (unpaired) electrons. The van der Waals surface area contributed by atoms with Crippen molar-refractivity contribution >= 4 is 17.4 Å². The standard InChI is InChI=1S/C11H16FNS/c1-2-3-4-7-14-11-8-9(12)5-6-10(11)13/h5-6,8H,2-4,7,13H2,1H3. The second-order valence-electron chi connectivity index (χ2n) is 3.24. The van der Waals surface area contributed by atoms with Gasteiger partial charge in [-0.25, -0.2) is 4.39 Å². The number of anilines is 1. The average molecular weight is 213 g/mol. The highest BCUT2D eigenvalue weighted by Gasteiger charge is 2.01. The van der Waals surface area contributed by atoms with Gasteiger partial charge in [-0.3, -0.25) is 0 Å². The smallest absolute Gasteiger partial charge is 0.124 e. The summed E-state index contributed by atoms with van der Waals surface area (Å²) < 4.78 is 12.9. The minimum atomic E-state index is -0.211. The van der Waals surface area contributed by atoms with Crippen molar-refractivity contribution < 1.29 is 4.39 Å². The molecule has 1 nitrogen and oxygen atoms in total. The van der Waals surface area contributed by atoms with Crippen molar-refractivity contribution in [3.05, 3.63) is 24.0 Å². The van der Waals surface area contributed by atoms with E-state index in [0.717, 1.165) is 17.1 Å². The summed E-state index contributed by atoms with van der Waals surface area (Å²) in [6, 6.07) is 4.52. The number of rotatable bonds is 5. The van der Waals surface area contributed by atoms with Crippen LogP contribution in [0.25, 0.3) is 0 Å². The Balaban J connectivity index is 2.45. The van der Waals surface area contributed by atoms with Crippen LogP contribution in [0.2, 0.25) is 0 Å². The van der Waals surface area contributed by atoms with Gasteiger partial charge >= 0.3 is 0 Å². The molecule has 0 spiro atoms. The molecule has 0 aromatic heterocycles. The van der Waals surface area contributed by atoms with Crippen LogP contribution < -0.4 is 5.73 Å². The molecular weight excluding hydrogens is 197 g/mol. The molecule has 14 heavy (non-hydrogen) atoms. The van der Waals surface area contributed by atoms with E-state index in [2.05, 4.69) is 6.92 Å². The Labute approximate surface area is 88.9 Å². The second kappa shape index (κ2) is 5.91. The van der Waals surface area contributed by atoms with E-state index in [1.807, 2.05) is 0 Å². The summed E-state index contributed by atoms with van der Waals surface area (Å²) in [5.41, 5.74) is 6.39. The van der Waals surface area contributed by atoms with Crippen molar-refractivity contribution in [2.75, 3.05) is 11.5 Å². The van der Waals surface area contributed by atoms with E-state index in [1.54, 1.807) is 17.8 Å². The van der Waals surface area contributed by atoms with Crippen LogP contribution in [0.15, 0.2) is 23.1 Å². The first-order valence-electron chi connectivity index (χ1n) is 4.92. The van der Waals surface area contributed by atoms with E-state index in [0.29, 0.717) is 5.69 Å². The molecule has 2 N–H and O–H groups in total. The van der Waals surface area contributed by atoms with Gasteiger partial charge in [-0.05, 0) is 30.4 Å². The topological polar surface area (TPSA) is 26.0 Å². The molecule has 1 aromatic carbocycles. The van der Waals surface area contributed by atoms with E-state index in [4.69, 9.17) is 5.73 Å². The zero-order chi connectivity index (χ0) is 10.4. The van der Waals surface area contributed by atoms with Crippen molar-refractivity contribution in [3.8, 4) is 0 Å². The largest absolute Gasteiger partial charge is 0.398 e. The van der Waals surface area contributed by atoms with E-state index >= 15 is 0 Å². The summed E-state index contributed by atoms with van der Waals surface area (Å²) in [5.74, 6) is 0.804. The van der Waals surface area contributed by atoms with Crippen LogP contribution in [0.1, 0.15) is 26.2 Å². The summed E-state index contributed by atoms with van der Waals surface area (Å²) in [5, 5.41) is 0. The molecule has 0 saturated carbocycles. The molecule has 0 fully saturated rings. The first-order valence-corrected chi connectivity index (χ1v) is 5.90. The molecule has 0 unspecified atom stereocenters. The monoisotopic (exact) mass is 213 g/mol. The Morgan fingerprint density at radius 2 is 2.14 bits per heavy atom. The molecule has 0 aliphatic heterocycles. The number of hydrogen-bond acceptors (Lipinski definition) is 2. The third kappa shape index (κ3) is 3.58. The van der Waals surface area contributed by atoms with Gasteiger partial charge in [0.25, 0.3) is 0 Å². The van der Waals surface area contributed by atoms with Gasteiger partial charge in [0.1, 0.15) is 5.82 Å². The van der Waals surface area contributed by atoms with Crippen LogP contribution >= 0.6 is 11.8 Å². The number of halogens is 1. The van der Waals surface area contributed by atoms with Crippen LogP contribution in [0.3, 0.4) is 0 Å². The number of nitrogen functional groups attached to an aromatic ring is 1. The number of benzene rings is 1. The third-order valence-electron chi connectivity index (χ3n) is 1.98. The third-order valence-corrected chi connectivity index (χ3v) is 3.14. The molecule has 0 saturated heterocycles. The summed E-state index contributed by atoms with van der Waals surface area (Å²) in [6.45, 7) is 2.17. The minimum absolute atomic E-state index is 0.211. The van der Waals surface area contributed by atoms with E-state index in [9.17, 15) is 4.39 Å². The number of nitrogens with two attached hydrogens (primary N) is 1. The minimum Gasteiger partial charge on any atom is -0.398 e. The molecule has 1 rings (SSSR count). The second-order valence-corrected chi connectivity index (χ2v) is 4.37. The lowest BCUT2D eigenvalue weighted by atomic mass is 10.3. The SMILES string of the molecule is CCCCCSc1cc(F)ccc1N. The molecular formula is C11H16FNS. The highest BCUT2D eigenvalue weighted by atomic mass is 32.2. The predicted molar refractivity (Wildman–Crippen MR) is 61.1 cm³/mol. The highest BCUT2D eigenvalue weighted by Crippen LogP contribution is 2.26. The Morgan fingerprint density at radius 1 is 1.36 bits per heavy atom. The lowest BCUT2D eigenvalue weighted by Gasteiger charge is -2.04. The number of hydrogen-bond donors (Lipinski definition) is 1.